The van der Waals surface area contributed by atoms with E-state index in [1.165, 1.54) is 19.3 Å². The molecular weight excluding hydrogens is 467 g/mol. The number of hydrogen-bond donors (Lipinski definition) is 1. The van der Waals surface area contributed by atoms with Gasteiger partial charge in [0.05, 0.1) is 12.0 Å². The number of likely N-dealkylation sites (tertiary alicyclic amines) is 1. The van der Waals surface area contributed by atoms with E-state index in [2.05, 4.69) is 17.5 Å². The van der Waals surface area contributed by atoms with Gasteiger partial charge in [0.25, 0.3) is 0 Å². The van der Waals surface area contributed by atoms with Crippen LogP contribution >= 0.6 is 0 Å². The van der Waals surface area contributed by atoms with Crippen molar-refractivity contribution in [2.75, 3.05) is 32.8 Å². The van der Waals surface area contributed by atoms with Crippen molar-refractivity contribution in [2.24, 2.45) is 17.3 Å². The fourth-order valence-electron chi connectivity index (χ4n) is 4.88. The first-order valence-corrected chi connectivity index (χ1v) is 14.6. The van der Waals surface area contributed by atoms with E-state index in [0.29, 0.717) is 37.2 Å². The number of carbonyl (C=O) groups excluding carboxylic acids is 1. The highest BCUT2D eigenvalue weighted by atomic mass is 19.1. The average Bonchev–Trinajstić information content (AvgIpc) is 3.06. The largest absolute Gasteiger partial charge is 0.495 e. The zero-order valence-corrected chi connectivity index (χ0v) is 24.4. The molecule has 1 aliphatic carbocycles. The summed E-state index contributed by atoms with van der Waals surface area (Å²) in [5, 5.41) is 3.32. The number of nitrogens with one attached hydrogen (secondary N) is 1. The predicted molar refractivity (Wildman–Crippen MR) is 151 cm³/mol. The molecule has 2 fully saturated rings. The number of carbonyl (C=O) groups is 1. The molecule has 2 unspecified atom stereocenters. The lowest BCUT2D eigenvalue weighted by molar-refractivity contribution is 0.0230. The second-order valence-electron chi connectivity index (χ2n) is 12.0. The zero-order chi connectivity index (χ0) is 27.3. The highest BCUT2D eigenvalue weighted by Gasteiger charge is 2.30. The summed E-state index contributed by atoms with van der Waals surface area (Å²) in [5.74, 6) is 1.37. The molecule has 1 heterocycles. The van der Waals surface area contributed by atoms with Gasteiger partial charge in [-0.15, -0.1) is 0 Å². The van der Waals surface area contributed by atoms with Crippen molar-refractivity contribution in [3.8, 4) is 0 Å². The summed E-state index contributed by atoms with van der Waals surface area (Å²) in [5.41, 5.74) is -1.23. The maximum Gasteiger partial charge on any atom is 0.410 e. The van der Waals surface area contributed by atoms with Crippen LogP contribution in [0.1, 0.15) is 99.3 Å². The summed E-state index contributed by atoms with van der Waals surface area (Å²) in [4.78, 5) is 14.4. The molecule has 0 aromatic carbocycles. The molecule has 37 heavy (non-hydrogen) atoms. The summed E-state index contributed by atoms with van der Waals surface area (Å²) in [6, 6.07) is 0. The van der Waals surface area contributed by atoms with Gasteiger partial charge >= 0.3 is 6.09 Å². The van der Waals surface area contributed by atoms with Gasteiger partial charge in [-0.05, 0) is 84.6 Å². The predicted octanol–water partition coefficient (Wildman–Crippen LogP) is 7.94. The third kappa shape index (κ3) is 11.2. The van der Waals surface area contributed by atoms with Crippen molar-refractivity contribution in [2.45, 2.75) is 105 Å². The maximum atomic E-state index is 15.8. The van der Waals surface area contributed by atoms with E-state index in [9.17, 15) is 4.79 Å². The summed E-state index contributed by atoms with van der Waals surface area (Å²) < 4.78 is 27.4. The number of amides is 1. The first-order valence-electron chi connectivity index (χ1n) is 14.6. The lowest BCUT2D eigenvalue weighted by atomic mass is 9.84. The van der Waals surface area contributed by atoms with Crippen molar-refractivity contribution in [1.82, 2.24) is 10.2 Å². The normalized spacial score (nSPS) is 21.9. The minimum absolute atomic E-state index is 0.185. The summed E-state index contributed by atoms with van der Waals surface area (Å²) in [6.07, 6.45) is 17.4. The second kappa shape index (κ2) is 15.6. The molecular formula is C31H53FN2O3. The smallest absolute Gasteiger partial charge is 0.410 e. The van der Waals surface area contributed by atoms with Crippen LogP contribution in [0.25, 0.3) is 0 Å². The molecule has 0 aromatic heterocycles. The SMILES string of the molecule is CCNCC(C)(/C=C\C=C\C1CCC1)/C(F)=C(\CC)OCCCC1CCCCN(C(=O)OC(C)(C)C)C1. The molecule has 5 nitrogen and oxygen atoms in total. The molecule has 1 aliphatic heterocycles. The van der Waals surface area contributed by atoms with Crippen molar-refractivity contribution in [3.05, 3.63) is 35.9 Å². The van der Waals surface area contributed by atoms with E-state index in [1.807, 2.05) is 58.6 Å². The molecule has 0 bridgehead atoms. The number of hydrogen-bond acceptors (Lipinski definition) is 4. The Morgan fingerprint density at radius 1 is 1.08 bits per heavy atom. The van der Waals surface area contributed by atoms with Crippen LogP contribution in [0.4, 0.5) is 9.18 Å². The van der Waals surface area contributed by atoms with Gasteiger partial charge in [0.2, 0.25) is 0 Å². The van der Waals surface area contributed by atoms with Crippen LogP contribution in [-0.2, 0) is 9.47 Å². The van der Waals surface area contributed by atoms with Crippen molar-refractivity contribution in [3.63, 3.8) is 0 Å². The average molecular weight is 521 g/mol. The Labute approximate surface area is 225 Å². The molecule has 2 aliphatic rings. The van der Waals surface area contributed by atoms with Crippen LogP contribution in [0.2, 0.25) is 0 Å². The fourth-order valence-corrected chi connectivity index (χ4v) is 4.88. The third-order valence-electron chi connectivity index (χ3n) is 7.37. The van der Waals surface area contributed by atoms with E-state index < -0.39 is 11.0 Å². The van der Waals surface area contributed by atoms with Crippen LogP contribution in [0, 0.1) is 17.3 Å². The number of halogens is 1. The highest BCUT2D eigenvalue weighted by molar-refractivity contribution is 5.68. The van der Waals surface area contributed by atoms with Gasteiger partial charge in [-0.3, -0.25) is 0 Å². The number of ether oxygens (including phenoxy) is 2. The summed E-state index contributed by atoms with van der Waals surface area (Å²) in [7, 11) is 0. The molecule has 2 rings (SSSR count). The van der Waals surface area contributed by atoms with Gasteiger partial charge in [-0.1, -0.05) is 51.0 Å². The fraction of sp³-hybridized carbons (Fsp3) is 0.774. The van der Waals surface area contributed by atoms with E-state index >= 15 is 4.39 Å². The molecule has 212 valence electrons. The Morgan fingerprint density at radius 2 is 1.84 bits per heavy atom. The Hall–Kier alpha value is -1.82. The van der Waals surface area contributed by atoms with Crippen molar-refractivity contribution in [1.29, 1.82) is 0 Å². The zero-order valence-electron chi connectivity index (χ0n) is 24.4. The molecule has 0 spiro atoms. The molecule has 1 amide bonds. The van der Waals surface area contributed by atoms with Crippen LogP contribution in [0.3, 0.4) is 0 Å². The number of allylic oxidation sites excluding steroid dienone is 4. The van der Waals surface area contributed by atoms with Gasteiger partial charge in [-0.25, -0.2) is 9.18 Å². The van der Waals surface area contributed by atoms with Crippen LogP contribution in [0.15, 0.2) is 35.9 Å². The van der Waals surface area contributed by atoms with Crippen LogP contribution in [-0.4, -0.2) is 49.4 Å². The highest BCUT2D eigenvalue weighted by Crippen LogP contribution is 2.34. The van der Waals surface area contributed by atoms with Crippen LogP contribution in [0.5, 0.6) is 0 Å². The summed E-state index contributed by atoms with van der Waals surface area (Å²) >= 11 is 0. The standard InChI is InChI=1S/C31H53FN2O3/c1-7-27(28(32)31(6,24-33-8-2)20-11-9-15-25-17-13-18-25)36-22-14-19-26-16-10-12-21-34(23-26)29(35)37-30(3,4)5/h9,11,15,20,25-26,33H,7-8,10,12-14,16-19,21-24H2,1-6H3/b15-9+,20-11-,28-27-. The topological polar surface area (TPSA) is 50.8 Å². The van der Waals surface area contributed by atoms with Crippen molar-refractivity contribution >= 4 is 6.09 Å². The molecule has 1 saturated carbocycles. The van der Waals surface area contributed by atoms with Gasteiger partial charge in [0, 0.05) is 26.1 Å². The number of rotatable bonds is 13. The maximum absolute atomic E-state index is 15.8. The first kappa shape index (κ1) is 31.4. The molecule has 2 atom stereocenters. The van der Waals surface area contributed by atoms with Crippen molar-refractivity contribution < 1.29 is 18.7 Å². The van der Waals surface area contributed by atoms with Gasteiger partial charge in [-0.2, -0.15) is 0 Å². The Balaban J connectivity index is 1.93. The minimum Gasteiger partial charge on any atom is -0.495 e. The van der Waals surface area contributed by atoms with E-state index in [0.717, 1.165) is 51.7 Å². The lowest BCUT2D eigenvalue weighted by Crippen LogP contribution is -2.39. The molecule has 1 N–H and O–H groups in total. The summed E-state index contributed by atoms with van der Waals surface area (Å²) in [6.45, 7) is 14.9. The Morgan fingerprint density at radius 3 is 2.46 bits per heavy atom. The first-order chi connectivity index (χ1) is 17.6. The quantitative estimate of drug-likeness (QED) is 0.152. The molecule has 0 radical (unpaired) electrons. The van der Waals surface area contributed by atoms with E-state index in [-0.39, 0.29) is 11.9 Å². The number of nitrogens with zero attached hydrogens (tertiary/aromatic N) is 1. The van der Waals surface area contributed by atoms with Crippen LogP contribution < -0.4 is 5.32 Å². The van der Waals surface area contributed by atoms with E-state index in [4.69, 9.17) is 9.47 Å². The van der Waals surface area contributed by atoms with Gasteiger partial charge < -0.3 is 19.7 Å². The Bertz CT molecular complexity index is 782. The van der Waals surface area contributed by atoms with E-state index in [1.54, 1.807) is 0 Å². The lowest BCUT2D eigenvalue weighted by Gasteiger charge is -2.28. The minimum atomic E-state index is -0.749. The molecule has 6 heteroatoms. The van der Waals surface area contributed by atoms with Gasteiger partial charge in [0.1, 0.15) is 17.2 Å². The molecule has 1 saturated heterocycles. The second-order valence-corrected chi connectivity index (χ2v) is 12.0. The monoisotopic (exact) mass is 520 g/mol. The third-order valence-corrected chi connectivity index (χ3v) is 7.37. The molecule has 0 aromatic rings. The Kier molecular flexibility index (Phi) is 13.2. The van der Waals surface area contributed by atoms with Gasteiger partial charge in [0.15, 0.2) is 0 Å².